The highest BCUT2D eigenvalue weighted by Gasteiger charge is 2.24. The van der Waals surface area contributed by atoms with E-state index in [1.165, 1.54) is 6.42 Å². The fourth-order valence-electron chi connectivity index (χ4n) is 3.49. The molecule has 0 aliphatic carbocycles. The summed E-state index contributed by atoms with van der Waals surface area (Å²) in [5.74, 6) is -0.00811. The van der Waals surface area contributed by atoms with Crippen LogP contribution in [0.5, 0.6) is 0 Å². The SMILES string of the molecule is COCCN1CCCC1CNC(=O)c1ccc(N2CCC(C)=N2)cc1. The van der Waals surface area contributed by atoms with E-state index >= 15 is 0 Å². The van der Waals surface area contributed by atoms with E-state index in [2.05, 4.69) is 15.3 Å². The third kappa shape index (κ3) is 4.58. The first-order valence-corrected chi connectivity index (χ1v) is 9.10. The van der Waals surface area contributed by atoms with Crippen molar-refractivity contribution in [3.63, 3.8) is 0 Å². The lowest BCUT2D eigenvalue weighted by Gasteiger charge is -2.24. The fourth-order valence-corrected chi connectivity index (χ4v) is 3.49. The number of methoxy groups -OCH3 is 1. The molecule has 1 amide bonds. The zero-order chi connectivity index (χ0) is 17.6. The maximum atomic E-state index is 12.4. The Kier molecular flexibility index (Phi) is 6.04. The van der Waals surface area contributed by atoms with Crippen molar-refractivity contribution in [3.8, 4) is 0 Å². The number of hydrogen-bond donors (Lipinski definition) is 1. The third-order valence-corrected chi connectivity index (χ3v) is 4.98. The Morgan fingerprint density at radius 2 is 2.12 bits per heavy atom. The van der Waals surface area contributed by atoms with E-state index in [1.54, 1.807) is 7.11 Å². The van der Waals surface area contributed by atoms with E-state index in [4.69, 9.17) is 4.74 Å². The van der Waals surface area contributed by atoms with E-state index < -0.39 is 0 Å². The number of nitrogens with one attached hydrogen (secondary N) is 1. The molecule has 136 valence electrons. The number of likely N-dealkylation sites (tertiary alicyclic amines) is 1. The van der Waals surface area contributed by atoms with Gasteiger partial charge in [-0.25, -0.2) is 0 Å². The molecule has 2 aliphatic heterocycles. The second kappa shape index (κ2) is 8.45. The summed E-state index contributed by atoms with van der Waals surface area (Å²) in [6.45, 7) is 6.41. The van der Waals surface area contributed by atoms with Crippen molar-refractivity contribution in [2.24, 2.45) is 5.10 Å². The minimum Gasteiger partial charge on any atom is -0.383 e. The summed E-state index contributed by atoms with van der Waals surface area (Å²) in [4.78, 5) is 14.8. The summed E-state index contributed by atoms with van der Waals surface area (Å²) >= 11 is 0. The lowest BCUT2D eigenvalue weighted by molar-refractivity contribution is 0.0933. The second-order valence-corrected chi connectivity index (χ2v) is 6.79. The van der Waals surface area contributed by atoms with Crippen molar-refractivity contribution in [3.05, 3.63) is 29.8 Å². The number of amides is 1. The molecule has 2 heterocycles. The molecule has 1 N–H and O–H groups in total. The average molecular weight is 344 g/mol. The first-order chi connectivity index (χ1) is 12.2. The molecule has 0 bridgehead atoms. The van der Waals surface area contributed by atoms with Gasteiger partial charge in [0.2, 0.25) is 0 Å². The molecule has 0 aromatic heterocycles. The zero-order valence-corrected chi connectivity index (χ0v) is 15.2. The van der Waals surface area contributed by atoms with Crippen molar-refractivity contribution in [2.45, 2.75) is 32.2 Å². The zero-order valence-electron chi connectivity index (χ0n) is 15.2. The maximum absolute atomic E-state index is 12.4. The van der Waals surface area contributed by atoms with Crippen LogP contribution in [-0.4, -0.2) is 62.5 Å². The van der Waals surface area contributed by atoms with Crippen LogP contribution in [0.4, 0.5) is 5.69 Å². The molecule has 1 atom stereocenters. The fraction of sp³-hybridized carbons (Fsp3) is 0.579. The van der Waals surface area contributed by atoms with E-state index in [1.807, 2.05) is 36.2 Å². The predicted molar refractivity (Wildman–Crippen MR) is 100 cm³/mol. The molecule has 0 spiro atoms. The predicted octanol–water partition coefficient (Wildman–Crippen LogP) is 2.11. The normalized spacial score (nSPS) is 20.8. The van der Waals surface area contributed by atoms with Crippen LogP contribution in [0.25, 0.3) is 0 Å². The highest BCUT2D eigenvalue weighted by atomic mass is 16.5. The standard InChI is InChI=1S/C19H28N4O2/c1-15-9-11-23(21-15)17-7-5-16(6-8-17)19(24)20-14-18-4-3-10-22(18)12-13-25-2/h5-8,18H,3-4,9-14H2,1-2H3,(H,20,24). The summed E-state index contributed by atoms with van der Waals surface area (Å²) in [7, 11) is 1.73. The molecule has 1 aromatic rings. The average Bonchev–Trinajstić information content (AvgIpc) is 3.26. The molecule has 1 aromatic carbocycles. The summed E-state index contributed by atoms with van der Waals surface area (Å²) < 4.78 is 5.16. The van der Waals surface area contributed by atoms with Gasteiger partial charge in [0.1, 0.15) is 0 Å². The molecular weight excluding hydrogens is 316 g/mol. The molecule has 0 radical (unpaired) electrons. The Labute approximate surface area is 149 Å². The van der Waals surface area contributed by atoms with Gasteiger partial charge >= 0.3 is 0 Å². The second-order valence-electron chi connectivity index (χ2n) is 6.79. The van der Waals surface area contributed by atoms with Crippen molar-refractivity contribution in [1.29, 1.82) is 0 Å². The number of nitrogens with zero attached hydrogens (tertiary/aromatic N) is 3. The summed E-state index contributed by atoms with van der Waals surface area (Å²) in [5, 5.41) is 9.56. The molecule has 1 unspecified atom stereocenters. The Balaban J connectivity index is 1.51. The van der Waals surface area contributed by atoms with Gasteiger partial charge in [-0.15, -0.1) is 0 Å². The van der Waals surface area contributed by atoms with E-state index in [9.17, 15) is 4.79 Å². The van der Waals surface area contributed by atoms with Crippen molar-refractivity contribution >= 4 is 17.3 Å². The van der Waals surface area contributed by atoms with Crippen LogP contribution in [0.15, 0.2) is 29.4 Å². The van der Waals surface area contributed by atoms with Crippen molar-refractivity contribution in [1.82, 2.24) is 10.2 Å². The van der Waals surface area contributed by atoms with Gasteiger partial charge in [0.05, 0.1) is 12.3 Å². The molecule has 6 heteroatoms. The van der Waals surface area contributed by atoms with E-state index in [-0.39, 0.29) is 5.91 Å². The first-order valence-electron chi connectivity index (χ1n) is 9.10. The van der Waals surface area contributed by atoms with Gasteiger partial charge in [-0.3, -0.25) is 14.7 Å². The lowest BCUT2D eigenvalue weighted by atomic mass is 10.1. The monoisotopic (exact) mass is 344 g/mol. The molecule has 3 rings (SSSR count). The van der Waals surface area contributed by atoms with E-state index in [0.29, 0.717) is 18.2 Å². The van der Waals surface area contributed by atoms with Gasteiger partial charge in [0, 0.05) is 50.5 Å². The van der Waals surface area contributed by atoms with Crippen LogP contribution >= 0.6 is 0 Å². The molecule has 25 heavy (non-hydrogen) atoms. The molecule has 1 fully saturated rings. The largest absolute Gasteiger partial charge is 0.383 e. The van der Waals surface area contributed by atoms with Gasteiger partial charge in [0.15, 0.2) is 0 Å². The first kappa shape index (κ1) is 17.9. The number of hydrogen-bond acceptors (Lipinski definition) is 5. The van der Waals surface area contributed by atoms with Crippen LogP contribution in [-0.2, 0) is 4.74 Å². The number of hydrazone groups is 1. The minimum atomic E-state index is -0.00811. The van der Waals surface area contributed by atoms with Gasteiger partial charge in [-0.05, 0) is 50.6 Å². The van der Waals surface area contributed by atoms with Crippen LogP contribution in [0.3, 0.4) is 0 Å². The van der Waals surface area contributed by atoms with Crippen LogP contribution < -0.4 is 10.3 Å². The molecule has 0 saturated carbocycles. The number of carbonyl (C=O) groups is 1. The quantitative estimate of drug-likeness (QED) is 0.823. The lowest BCUT2D eigenvalue weighted by Crippen LogP contribution is -2.41. The summed E-state index contributed by atoms with van der Waals surface area (Å²) in [6, 6.07) is 8.12. The van der Waals surface area contributed by atoms with Crippen molar-refractivity contribution < 1.29 is 9.53 Å². The van der Waals surface area contributed by atoms with E-state index in [0.717, 1.165) is 50.5 Å². The number of ether oxygens (including phenoxy) is 1. The number of benzene rings is 1. The van der Waals surface area contributed by atoms with Gasteiger partial charge in [-0.1, -0.05) is 0 Å². The van der Waals surface area contributed by atoms with Gasteiger partial charge < -0.3 is 10.1 Å². The Morgan fingerprint density at radius 1 is 1.32 bits per heavy atom. The topological polar surface area (TPSA) is 57.2 Å². The maximum Gasteiger partial charge on any atom is 0.251 e. The van der Waals surface area contributed by atoms with Crippen LogP contribution in [0.2, 0.25) is 0 Å². The molecule has 6 nitrogen and oxygen atoms in total. The summed E-state index contributed by atoms with van der Waals surface area (Å²) in [5.41, 5.74) is 2.89. The number of rotatable bonds is 7. The Hall–Kier alpha value is -1.92. The number of carbonyl (C=O) groups excluding carboxylic acids is 1. The third-order valence-electron chi connectivity index (χ3n) is 4.98. The van der Waals surface area contributed by atoms with Crippen molar-refractivity contribution in [2.75, 3.05) is 44.9 Å². The highest BCUT2D eigenvalue weighted by Crippen LogP contribution is 2.20. The van der Waals surface area contributed by atoms with Crippen LogP contribution in [0.1, 0.15) is 36.5 Å². The molecule has 2 aliphatic rings. The summed E-state index contributed by atoms with van der Waals surface area (Å²) in [6.07, 6.45) is 3.33. The van der Waals surface area contributed by atoms with Crippen LogP contribution in [0, 0.1) is 0 Å². The highest BCUT2D eigenvalue weighted by molar-refractivity contribution is 5.94. The Bertz CT molecular complexity index is 614. The Morgan fingerprint density at radius 3 is 2.80 bits per heavy atom. The van der Waals surface area contributed by atoms with Gasteiger partial charge in [-0.2, -0.15) is 5.10 Å². The molecular formula is C19H28N4O2. The smallest absolute Gasteiger partial charge is 0.251 e. The molecule has 1 saturated heterocycles. The van der Waals surface area contributed by atoms with Gasteiger partial charge in [0.25, 0.3) is 5.91 Å². The minimum absolute atomic E-state index is 0.00811. The number of anilines is 1.